The third-order valence-electron chi connectivity index (χ3n) is 6.12. The lowest BCUT2D eigenvalue weighted by Gasteiger charge is -2.35. The van der Waals surface area contributed by atoms with Crippen LogP contribution < -0.4 is 0 Å². The monoisotopic (exact) mass is 437 g/mol. The molecule has 1 amide bonds. The number of carbonyl (C=O) groups excluding carboxylic acids is 2. The highest BCUT2D eigenvalue weighted by atomic mass is 16.6. The Balaban J connectivity index is 2.07. The van der Waals surface area contributed by atoms with Crippen molar-refractivity contribution in [2.75, 3.05) is 6.61 Å². The summed E-state index contributed by atoms with van der Waals surface area (Å²) in [6.07, 6.45) is -0.431. The molecule has 172 valence electrons. The van der Waals surface area contributed by atoms with Crippen LogP contribution in [0.2, 0.25) is 0 Å². The smallest absolute Gasteiger partial charge is 0.339 e. The molecule has 1 heterocycles. The molecule has 0 bridgehead atoms. The predicted octanol–water partition coefficient (Wildman–Crippen LogP) is 5.12. The average Bonchev–Trinajstić information content (AvgIpc) is 2.72. The van der Waals surface area contributed by atoms with Gasteiger partial charge in [0.25, 0.3) is 0 Å². The molecule has 0 unspecified atom stereocenters. The van der Waals surface area contributed by atoms with E-state index in [1.807, 2.05) is 76.8 Å². The van der Waals surface area contributed by atoms with Crippen molar-refractivity contribution in [3.63, 3.8) is 0 Å². The van der Waals surface area contributed by atoms with E-state index >= 15 is 0 Å². The number of hydrogen-bond donors (Lipinski definition) is 0. The van der Waals surface area contributed by atoms with Gasteiger partial charge in [-0.25, -0.2) is 4.79 Å². The van der Waals surface area contributed by atoms with E-state index in [1.165, 1.54) is 0 Å². The minimum Gasteiger partial charge on any atom is -0.464 e. The van der Waals surface area contributed by atoms with E-state index in [4.69, 9.17) is 9.47 Å². The zero-order valence-electron chi connectivity index (χ0n) is 20.4. The molecule has 0 aromatic heterocycles. The predicted molar refractivity (Wildman–Crippen MR) is 125 cm³/mol. The Morgan fingerprint density at radius 1 is 1.03 bits per heavy atom. The first-order chi connectivity index (χ1) is 15.0. The molecule has 0 spiro atoms. The fourth-order valence-corrected chi connectivity index (χ4v) is 4.46. The third-order valence-corrected chi connectivity index (χ3v) is 6.12. The summed E-state index contributed by atoms with van der Waals surface area (Å²) in [6, 6.07) is 10.0. The maximum Gasteiger partial charge on any atom is 0.339 e. The van der Waals surface area contributed by atoms with Crippen molar-refractivity contribution in [2.45, 2.75) is 79.7 Å². The molecule has 32 heavy (non-hydrogen) atoms. The second kappa shape index (κ2) is 9.45. The lowest BCUT2D eigenvalue weighted by Crippen LogP contribution is -2.37. The summed E-state index contributed by atoms with van der Waals surface area (Å²) in [5.74, 6) is -0.245. The van der Waals surface area contributed by atoms with Crippen molar-refractivity contribution in [3.05, 3.63) is 69.3 Å². The first-order valence-corrected chi connectivity index (χ1v) is 11.3. The summed E-state index contributed by atoms with van der Waals surface area (Å²) >= 11 is 0. The minimum atomic E-state index is -0.806. The Kier molecular flexibility index (Phi) is 7.09. The van der Waals surface area contributed by atoms with Crippen LogP contribution in [0.25, 0.3) is 0 Å². The van der Waals surface area contributed by atoms with Gasteiger partial charge < -0.3 is 14.4 Å². The van der Waals surface area contributed by atoms with Gasteiger partial charge in [0.05, 0.1) is 18.6 Å². The van der Waals surface area contributed by atoms with Crippen LogP contribution in [0.5, 0.6) is 0 Å². The van der Waals surface area contributed by atoms with E-state index < -0.39 is 11.7 Å². The summed E-state index contributed by atoms with van der Waals surface area (Å²) in [6.45, 7) is 15.1. The van der Waals surface area contributed by atoms with E-state index in [0.717, 1.165) is 38.9 Å². The molecular weight excluding hydrogens is 402 g/mol. The topological polar surface area (TPSA) is 55.8 Å². The van der Waals surface area contributed by atoms with Crippen molar-refractivity contribution >= 4 is 11.9 Å². The Labute approximate surface area is 191 Å². The lowest BCUT2D eigenvalue weighted by molar-refractivity contribution is -0.167. The van der Waals surface area contributed by atoms with Crippen LogP contribution in [0.1, 0.15) is 72.7 Å². The zero-order chi connectivity index (χ0) is 23.6. The molecule has 5 heteroatoms. The molecule has 0 N–H and O–H groups in total. The highest BCUT2D eigenvalue weighted by Gasteiger charge is 2.35. The van der Waals surface area contributed by atoms with Crippen molar-refractivity contribution in [3.8, 4) is 0 Å². The van der Waals surface area contributed by atoms with Gasteiger partial charge in [-0.05, 0) is 87.4 Å². The highest BCUT2D eigenvalue weighted by molar-refractivity contribution is 5.83. The SMILES string of the molecule is CCOC(=O)[C@@H](OC(C)(C)C)c1c(C)c(C)c2c(c1C)CN(Cc1ccccc1)C(=O)C2. The van der Waals surface area contributed by atoms with Crippen molar-refractivity contribution < 1.29 is 19.1 Å². The number of amides is 1. The number of ether oxygens (including phenoxy) is 2. The van der Waals surface area contributed by atoms with Crippen LogP contribution in [0.3, 0.4) is 0 Å². The maximum atomic E-state index is 13.0. The summed E-state index contributed by atoms with van der Waals surface area (Å²) in [5, 5.41) is 0. The van der Waals surface area contributed by atoms with Crippen LogP contribution >= 0.6 is 0 Å². The van der Waals surface area contributed by atoms with Gasteiger partial charge in [0.2, 0.25) is 5.91 Å². The quantitative estimate of drug-likeness (QED) is 0.589. The molecule has 1 aliphatic heterocycles. The second-order valence-corrected chi connectivity index (χ2v) is 9.52. The Morgan fingerprint density at radius 3 is 2.28 bits per heavy atom. The molecule has 5 nitrogen and oxygen atoms in total. The second-order valence-electron chi connectivity index (χ2n) is 9.52. The molecule has 2 aromatic rings. The number of rotatable bonds is 6. The number of benzene rings is 2. The van der Waals surface area contributed by atoms with Crippen LogP contribution in [0.15, 0.2) is 30.3 Å². The fourth-order valence-electron chi connectivity index (χ4n) is 4.46. The Hall–Kier alpha value is -2.66. The molecule has 1 atom stereocenters. The normalized spacial score (nSPS) is 14.8. The number of carbonyl (C=O) groups is 2. The molecule has 1 aliphatic rings. The van der Waals surface area contributed by atoms with Gasteiger partial charge in [0.15, 0.2) is 6.10 Å². The third kappa shape index (κ3) is 5.04. The molecular formula is C27H35NO4. The van der Waals surface area contributed by atoms with E-state index in [1.54, 1.807) is 6.92 Å². The maximum absolute atomic E-state index is 13.0. The van der Waals surface area contributed by atoms with Crippen molar-refractivity contribution in [1.29, 1.82) is 0 Å². The summed E-state index contributed by atoms with van der Waals surface area (Å²) < 4.78 is 11.6. The fraction of sp³-hybridized carbons (Fsp3) is 0.481. The number of fused-ring (bicyclic) bond motifs is 1. The van der Waals surface area contributed by atoms with Gasteiger partial charge in [0, 0.05) is 13.1 Å². The standard InChI is InChI=1S/C27H35NO4/c1-8-31-26(30)25(32-27(5,6)7)24-18(3)17(2)21-14-23(29)28(16-22(21)19(24)4)15-20-12-10-9-11-13-20/h9-13,25H,8,14-16H2,1-7H3/t25-/m0/s1. The van der Waals surface area contributed by atoms with Gasteiger partial charge in [-0.15, -0.1) is 0 Å². The van der Waals surface area contributed by atoms with Gasteiger partial charge in [-0.1, -0.05) is 30.3 Å². The zero-order valence-corrected chi connectivity index (χ0v) is 20.4. The van der Waals surface area contributed by atoms with Gasteiger partial charge in [-0.2, -0.15) is 0 Å². The molecule has 0 aliphatic carbocycles. The first-order valence-electron chi connectivity index (χ1n) is 11.3. The highest BCUT2D eigenvalue weighted by Crippen LogP contribution is 2.38. The molecule has 0 saturated carbocycles. The Bertz CT molecular complexity index is 1000. The van der Waals surface area contributed by atoms with Crippen molar-refractivity contribution in [1.82, 2.24) is 4.90 Å². The lowest BCUT2D eigenvalue weighted by atomic mass is 9.82. The molecule has 0 fully saturated rings. The Morgan fingerprint density at radius 2 is 1.69 bits per heavy atom. The summed E-state index contributed by atoms with van der Waals surface area (Å²) in [4.78, 5) is 27.8. The van der Waals surface area contributed by atoms with Crippen LogP contribution in [0, 0.1) is 20.8 Å². The van der Waals surface area contributed by atoms with E-state index in [-0.39, 0.29) is 11.9 Å². The average molecular weight is 438 g/mol. The number of nitrogens with zero attached hydrogens (tertiary/aromatic N) is 1. The van der Waals surface area contributed by atoms with Crippen molar-refractivity contribution in [2.24, 2.45) is 0 Å². The van der Waals surface area contributed by atoms with Gasteiger partial charge in [-0.3, -0.25) is 4.79 Å². The van der Waals surface area contributed by atoms with E-state index in [2.05, 4.69) is 0 Å². The molecule has 0 radical (unpaired) electrons. The molecule has 3 rings (SSSR count). The first kappa shape index (κ1) is 24.0. The van der Waals surface area contributed by atoms with Crippen LogP contribution in [-0.2, 0) is 38.6 Å². The number of esters is 1. The summed E-state index contributed by atoms with van der Waals surface area (Å²) in [7, 11) is 0. The van der Waals surface area contributed by atoms with Crippen LogP contribution in [0.4, 0.5) is 0 Å². The van der Waals surface area contributed by atoms with Gasteiger partial charge >= 0.3 is 5.97 Å². The van der Waals surface area contributed by atoms with E-state index in [0.29, 0.717) is 26.1 Å². The number of hydrogen-bond acceptors (Lipinski definition) is 4. The van der Waals surface area contributed by atoms with E-state index in [9.17, 15) is 9.59 Å². The minimum absolute atomic E-state index is 0.129. The van der Waals surface area contributed by atoms with Gasteiger partial charge in [0.1, 0.15) is 0 Å². The van der Waals surface area contributed by atoms with Crippen LogP contribution in [-0.4, -0.2) is 29.0 Å². The molecule has 2 aromatic carbocycles. The summed E-state index contributed by atoms with van der Waals surface area (Å²) in [5.41, 5.74) is 6.70. The molecule has 0 saturated heterocycles. The largest absolute Gasteiger partial charge is 0.464 e.